The van der Waals surface area contributed by atoms with Crippen LogP contribution in [0.5, 0.6) is 0 Å². The zero-order valence-electron chi connectivity index (χ0n) is 14.1. The Kier molecular flexibility index (Phi) is 5.73. The fraction of sp³-hybridized carbons (Fsp3) is 0.647. The van der Waals surface area contributed by atoms with E-state index in [-0.39, 0.29) is 11.3 Å². The Morgan fingerprint density at radius 3 is 2.58 bits per heavy atom. The first kappa shape index (κ1) is 17.6. The lowest BCUT2D eigenvalue weighted by atomic mass is 9.78. The van der Waals surface area contributed by atoms with Gasteiger partial charge in [-0.15, -0.1) is 0 Å². The van der Waals surface area contributed by atoms with E-state index in [1.807, 2.05) is 23.2 Å². The highest BCUT2D eigenvalue weighted by Gasteiger charge is 2.42. The van der Waals surface area contributed by atoms with Gasteiger partial charge in [0.1, 0.15) is 5.82 Å². The molecule has 0 spiro atoms. The Labute approximate surface area is 151 Å². The van der Waals surface area contributed by atoms with Crippen LogP contribution < -0.4 is 10.2 Å². The van der Waals surface area contributed by atoms with Gasteiger partial charge in [-0.2, -0.15) is 0 Å². The lowest BCUT2D eigenvalue weighted by molar-refractivity contribution is -0.147. The molecule has 2 aliphatic rings. The van der Waals surface area contributed by atoms with Crippen molar-refractivity contribution in [3.8, 4) is 0 Å². The molecule has 24 heavy (non-hydrogen) atoms. The molecular weight excluding hydrogens is 372 g/mol. The molecule has 1 aromatic heterocycles. The number of hydrogen-bond donors (Lipinski definition) is 1. The monoisotopic (exact) mass is 396 g/mol. The Hall–Kier alpha value is -1.18. The molecule has 0 aromatic carbocycles. The van der Waals surface area contributed by atoms with Crippen LogP contribution in [0.1, 0.15) is 12.8 Å². The van der Waals surface area contributed by atoms with Crippen molar-refractivity contribution in [3.05, 3.63) is 22.8 Å². The molecule has 2 fully saturated rings. The predicted octanol–water partition coefficient (Wildman–Crippen LogP) is 1.51. The van der Waals surface area contributed by atoms with Gasteiger partial charge in [-0.3, -0.25) is 4.79 Å². The van der Waals surface area contributed by atoms with E-state index in [0.29, 0.717) is 6.61 Å². The van der Waals surface area contributed by atoms with E-state index in [2.05, 4.69) is 31.1 Å². The van der Waals surface area contributed by atoms with Crippen LogP contribution in [0.3, 0.4) is 0 Å². The normalized spacial score (nSPS) is 20.9. The molecule has 0 bridgehead atoms. The molecular formula is C17H25BrN4O2. The number of anilines is 1. The van der Waals surface area contributed by atoms with E-state index in [0.717, 1.165) is 62.4 Å². The molecule has 6 nitrogen and oxygen atoms in total. The number of carbonyl (C=O) groups excluding carboxylic acids is 1. The summed E-state index contributed by atoms with van der Waals surface area (Å²) >= 11 is 3.41. The van der Waals surface area contributed by atoms with Gasteiger partial charge in [0.25, 0.3) is 0 Å². The Morgan fingerprint density at radius 2 is 2.00 bits per heavy atom. The van der Waals surface area contributed by atoms with Crippen molar-refractivity contribution in [2.24, 2.45) is 5.41 Å². The molecule has 2 saturated heterocycles. The molecule has 0 aliphatic carbocycles. The number of methoxy groups -OCH3 is 1. The lowest BCUT2D eigenvalue weighted by Gasteiger charge is -2.43. The quantitative estimate of drug-likeness (QED) is 0.835. The Balaban J connectivity index is 1.62. The molecule has 1 aromatic rings. The molecule has 0 atom stereocenters. The number of pyridine rings is 1. The minimum Gasteiger partial charge on any atom is -0.384 e. The van der Waals surface area contributed by atoms with E-state index >= 15 is 0 Å². The van der Waals surface area contributed by atoms with Gasteiger partial charge in [0.15, 0.2) is 0 Å². The summed E-state index contributed by atoms with van der Waals surface area (Å²) in [5, 5.41) is 3.34. The van der Waals surface area contributed by atoms with Crippen molar-refractivity contribution in [3.63, 3.8) is 0 Å². The second-order valence-corrected chi connectivity index (χ2v) is 7.49. The number of halogens is 1. The maximum Gasteiger partial charge on any atom is 0.231 e. The van der Waals surface area contributed by atoms with Crippen molar-refractivity contribution in [1.29, 1.82) is 0 Å². The molecule has 1 amide bonds. The van der Waals surface area contributed by atoms with Crippen molar-refractivity contribution in [2.45, 2.75) is 12.8 Å². The van der Waals surface area contributed by atoms with E-state index in [1.54, 1.807) is 7.11 Å². The van der Waals surface area contributed by atoms with Crippen LogP contribution >= 0.6 is 15.9 Å². The average molecular weight is 397 g/mol. The first-order valence-corrected chi connectivity index (χ1v) is 9.29. The largest absolute Gasteiger partial charge is 0.384 e. The minimum atomic E-state index is -0.349. The number of carbonyl (C=O) groups is 1. The summed E-state index contributed by atoms with van der Waals surface area (Å²) in [4.78, 5) is 21.8. The first-order chi connectivity index (χ1) is 11.6. The number of piperidine rings is 1. The molecule has 2 aliphatic heterocycles. The molecule has 0 saturated carbocycles. The van der Waals surface area contributed by atoms with Crippen LogP contribution in [-0.2, 0) is 9.53 Å². The van der Waals surface area contributed by atoms with Crippen molar-refractivity contribution < 1.29 is 9.53 Å². The van der Waals surface area contributed by atoms with Crippen LogP contribution in [0.15, 0.2) is 22.8 Å². The van der Waals surface area contributed by atoms with Crippen LogP contribution in [-0.4, -0.2) is 68.8 Å². The zero-order valence-corrected chi connectivity index (χ0v) is 15.7. The van der Waals surface area contributed by atoms with Gasteiger partial charge in [0.05, 0.1) is 12.0 Å². The first-order valence-electron chi connectivity index (χ1n) is 8.50. The van der Waals surface area contributed by atoms with Crippen molar-refractivity contribution in [1.82, 2.24) is 15.2 Å². The second kappa shape index (κ2) is 7.80. The van der Waals surface area contributed by atoms with Gasteiger partial charge >= 0.3 is 0 Å². The molecule has 1 N–H and O–H groups in total. The molecule has 0 radical (unpaired) electrons. The molecule has 7 heteroatoms. The second-order valence-electron chi connectivity index (χ2n) is 6.58. The highest BCUT2D eigenvalue weighted by molar-refractivity contribution is 9.10. The smallest absolute Gasteiger partial charge is 0.231 e. The number of piperazine rings is 1. The number of nitrogens with one attached hydrogen (secondary N) is 1. The number of nitrogens with zero attached hydrogens (tertiary/aromatic N) is 3. The molecule has 3 heterocycles. The number of amides is 1. The number of aromatic nitrogens is 1. The summed E-state index contributed by atoms with van der Waals surface area (Å²) in [5.74, 6) is 1.23. The van der Waals surface area contributed by atoms with Gasteiger partial charge in [-0.1, -0.05) is 0 Å². The molecule has 3 rings (SSSR count). The SMILES string of the molecule is COCC1(C(=O)N2CCN(c3ccc(Br)cn3)CC2)CCNCC1. The van der Waals surface area contributed by atoms with Gasteiger partial charge in [-0.25, -0.2) is 4.98 Å². The zero-order chi connectivity index (χ0) is 17.0. The summed E-state index contributed by atoms with van der Waals surface area (Å²) in [6.07, 6.45) is 3.53. The van der Waals surface area contributed by atoms with Crippen LogP contribution in [0.4, 0.5) is 5.82 Å². The topological polar surface area (TPSA) is 57.7 Å². The van der Waals surface area contributed by atoms with Gasteiger partial charge in [0.2, 0.25) is 5.91 Å². The molecule has 132 valence electrons. The highest BCUT2D eigenvalue weighted by atomic mass is 79.9. The van der Waals surface area contributed by atoms with Crippen molar-refractivity contribution in [2.75, 3.05) is 57.9 Å². The highest BCUT2D eigenvalue weighted by Crippen LogP contribution is 2.32. The minimum absolute atomic E-state index is 0.259. The average Bonchev–Trinajstić information content (AvgIpc) is 2.63. The van der Waals surface area contributed by atoms with Gasteiger partial charge < -0.3 is 19.9 Å². The van der Waals surface area contributed by atoms with Gasteiger partial charge in [-0.05, 0) is 54.0 Å². The van der Waals surface area contributed by atoms with Crippen LogP contribution in [0.25, 0.3) is 0 Å². The summed E-state index contributed by atoms with van der Waals surface area (Å²) < 4.78 is 6.38. The maximum atomic E-state index is 13.1. The Bertz CT molecular complexity index is 547. The van der Waals surface area contributed by atoms with E-state index in [9.17, 15) is 4.79 Å². The fourth-order valence-electron chi connectivity index (χ4n) is 3.63. The van der Waals surface area contributed by atoms with Crippen molar-refractivity contribution >= 4 is 27.7 Å². The standard InChI is InChI=1S/C17H25BrN4O2/c1-24-13-17(4-6-19-7-5-17)16(23)22-10-8-21(9-11-22)15-3-2-14(18)12-20-15/h2-3,12,19H,4-11,13H2,1H3. The summed E-state index contributed by atoms with van der Waals surface area (Å²) in [6, 6.07) is 4.02. The van der Waals surface area contributed by atoms with Gasteiger partial charge in [0, 0.05) is 44.0 Å². The number of hydrogen-bond acceptors (Lipinski definition) is 5. The number of rotatable bonds is 4. The van der Waals surface area contributed by atoms with Crippen LogP contribution in [0.2, 0.25) is 0 Å². The van der Waals surface area contributed by atoms with E-state index < -0.39 is 0 Å². The summed E-state index contributed by atoms with van der Waals surface area (Å²) in [5.41, 5.74) is -0.349. The number of ether oxygens (including phenoxy) is 1. The third kappa shape index (κ3) is 3.73. The third-order valence-corrected chi connectivity index (χ3v) is 5.51. The summed E-state index contributed by atoms with van der Waals surface area (Å²) in [6.45, 7) is 5.42. The summed E-state index contributed by atoms with van der Waals surface area (Å²) in [7, 11) is 1.69. The van der Waals surface area contributed by atoms with E-state index in [1.165, 1.54) is 0 Å². The lowest BCUT2D eigenvalue weighted by Crippen LogP contribution is -2.56. The predicted molar refractivity (Wildman–Crippen MR) is 97.1 cm³/mol. The third-order valence-electron chi connectivity index (χ3n) is 5.04. The Morgan fingerprint density at radius 1 is 1.29 bits per heavy atom. The molecule has 0 unspecified atom stereocenters. The fourth-order valence-corrected chi connectivity index (χ4v) is 3.87. The van der Waals surface area contributed by atoms with E-state index in [4.69, 9.17) is 4.74 Å². The van der Waals surface area contributed by atoms with Crippen LogP contribution in [0, 0.1) is 5.41 Å². The maximum absolute atomic E-state index is 13.1.